The van der Waals surface area contributed by atoms with Gasteiger partial charge in [0.1, 0.15) is 11.3 Å². The van der Waals surface area contributed by atoms with Gasteiger partial charge in [0.25, 0.3) is 5.91 Å². The van der Waals surface area contributed by atoms with Crippen LogP contribution in [-0.2, 0) is 28.3 Å². The molecule has 1 aromatic rings. The van der Waals surface area contributed by atoms with Crippen molar-refractivity contribution in [2.45, 2.75) is 99.3 Å². The summed E-state index contributed by atoms with van der Waals surface area (Å²) >= 11 is 0. The summed E-state index contributed by atoms with van der Waals surface area (Å²) in [7, 11) is -9.67. The largest absolute Gasteiger partial charge is 0.509 e. The van der Waals surface area contributed by atoms with Crippen molar-refractivity contribution in [3.05, 3.63) is 29.5 Å². The summed E-state index contributed by atoms with van der Waals surface area (Å²) in [5, 5.41) is 14.8. The number of benzene rings is 1. The maximum absolute atomic E-state index is 14.6. The van der Waals surface area contributed by atoms with E-state index in [0.717, 1.165) is 6.26 Å². The quantitative estimate of drug-likeness (QED) is 0.134. The van der Waals surface area contributed by atoms with E-state index in [1.54, 1.807) is 11.0 Å². The second-order valence-electron chi connectivity index (χ2n) is 15.8. The average molecular weight is 685 g/mol. The fourth-order valence-corrected chi connectivity index (χ4v) is 8.40. The van der Waals surface area contributed by atoms with Gasteiger partial charge >= 0.3 is 7.52 Å². The number of rotatable bonds is 11. The molecular formula is C31H53N4O7PSSi. The van der Waals surface area contributed by atoms with Gasteiger partial charge in [-0.05, 0) is 60.0 Å². The molecule has 0 spiro atoms. The highest BCUT2D eigenvalue weighted by atomic mass is 32.2. The number of amidine groups is 1. The van der Waals surface area contributed by atoms with Gasteiger partial charge in [-0.15, -0.1) is 0 Å². The van der Waals surface area contributed by atoms with Gasteiger partial charge in [0.2, 0.25) is 10.0 Å². The number of anilines is 2. The van der Waals surface area contributed by atoms with E-state index in [1.165, 1.54) is 12.1 Å². The van der Waals surface area contributed by atoms with Crippen molar-refractivity contribution < 1.29 is 31.8 Å². The van der Waals surface area contributed by atoms with Crippen LogP contribution < -0.4 is 15.3 Å². The molecule has 1 amide bonds. The highest BCUT2D eigenvalue weighted by molar-refractivity contribution is 7.92. The first-order chi connectivity index (χ1) is 20.3. The fourth-order valence-electron chi connectivity index (χ4n) is 4.93. The van der Waals surface area contributed by atoms with Crippen molar-refractivity contribution >= 4 is 54.3 Å². The molecule has 0 aliphatic carbocycles. The third kappa shape index (κ3) is 9.00. The van der Waals surface area contributed by atoms with Crippen molar-refractivity contribution in [3.8, 4) is 0 Å². The Bertz CT molecular complexity index is 1520. The minimum atomic E-state index is -4.06. The van der Waals surface area contributed by atoms with Crippen LogP contribution in [0, 0.1) is 10.8 Å². The maximum Gasteiger partial charge on any atom is 0.348 e. The van der Waals surface area contributed by atoms with Crippen LogP contribution in [0.3, 0.4) is 0 Å². The Morgan fingerprint density at radius 1 is 1.09 bits per heavy atom. The van der Waals surface area contributed by atoms with Crippen molar-refractivity contribution in [3.63, 3.8) is 0 Å². The molecule has 11 nitrogen and oxygen atoms in total. The van der Waals surface area contributed by atoms with Crippen LogP contribution >= 0.6 is 7.52 Å². The lowest BCUT2D eigenvalue weighted by Gasteiger charge is -2.36. The summed E-state index contributed by atoms with van der Waals surface area (Å²) in [6, 6.07) is 3.90. The van der Waals surface area contributed by atoms with E-state index < -0.39 is 43.2 Å². The summed E-state index contributed by atoms with van der Waals surface area (Å²) in [5.41, 5.74) is -0.0486. The van der Waals surface area contributed by atoms with Crippen LogP contribution in [0.1, 0.15) is 75.2 Å². The van der Waals surface area contributed by atoms with Gasteiger partial charge in [0.15, 0.2) is 14.2 Å². The molecule has 2 atom stereocenters. The van der Waals surface area contributed by atoms with Crippen molar-refractivity contribution in [1.29, 1.82) is 0 Å². The SMILES string of the molecule is CC(C)(C)CCN1C(=O)C(C2=NP(=O)(OCCCO[Si](C)(C)C(C)(C)C)c3cc(NS(C)(=O)=O)ccc3N2)=C(O)C1C(C)(C)C. The number of aliphatic hydroxyl groups excluding tert-OH is 1. The summed E-state index contributed by atoms with van der Waals surface area (Å²) in [5.74, 6) is -0.584. The van der Waals surface area contributed by atoms with Gasteiger partial charge in [-0.3, -0.25) is 14.1 Å². The Morgan fingerprint density at radius 2 is 1.71 bits per heavy atom. The number of carbonyl (C=O) groups is 1. The molecule has 0 aromatic heterocycles. The first kappa shape index (κ1) is 37.3. The topological polar surface area (TPSA) is 147 Å². The molecule has 2 heterocycles. The van der Waals surface area contributed by atoms with Crippen LogP contribution in [0.25, 0.3) is 0 Å². The fraction of sp³-hybridized carbons (Fsp3) is 0.677. The molecule has 3 rings (SSSR count). The van der Waals surface area contributed by atoms with E-state index in [1.807, 2.05) is 20.8 Å². The number of nitrogens with one attached hydrogen (secondary N) is 2. The van der Waals surface area contributed by atoms with Crippen LogP contribution in [-0.4, -0.2) is 70.5 Å². The Labute approximate surface area is 270 Å². The molecule has 0 radical (unpaired) electrons. The molecule has 0 saturated heterocycles. The number of hydrogen-bond donors (Lipinski definition) is 3. The van der Waals surface area contributed by atoms with Gasteiger partial charge < -0.3 is 24.3 Å². The number of amides is 1. The number of hydrogen-bond acceptors (Lipinski definition) is 8. The van der Waals surface area contributed by atoms with Gasteiger partial charge in [-0.1, -0.05) is 62.3 Å². The number of sulfonamides is 1. The van der Waals surface area contributed by atoms with E-state index >= 15 is 0 Å². The van der Waals surface area contributed by atoms with Crippen LogP contribution in [0.2, 0.25) is 18.1 Å². The monoisotopic (exact) mass is 684 g/mol. The van der Waals surface area contributed by atoms with Gasteiger partial charge in [-0.2, -0.15) is 4.76 Å². The third-order valence-corrected chi connectivity index (χ3v) is 15.5. The predicted octanol–water partition coefficient (Wildman–Crippen LogP) is 6.63. The zero-order valence-corrected chi connectivity index (χ0v) is 31.7. The first-order valence-electron chi connectivity index (χ1n) is 15.4. The lowest BCUT2D eigenvalue weighted by atomic mass is 9.84. The molecule has 254 valence electrons. The molecule has 2 aliphatic rings. The average Bonchev–Trinajstić information content (AvgIpc) is 3.10. The van der Waals surface area contributed by atoms with Crippen LogP contribution in [0.4, 0.5) is 11.4 Å². The molecule has 2 aliphatic heterocycles. The molecule has 45 heavy (non-hydrogen) atoms. The van der Waals surface area contributed by atoms with Crippen molar-refractivity contribution in [1.82, 2.24) is 4.90 Å². The number of fused-ring (bicyclic) bond motifs is 1. The highest BCUT2D eigenvalue weighted by Crippen LogP contribution is 2.53. The Balaban J connectivity index is 2.02. The molecule has 0 bridgehead atoms. The van der Waals surface area contributed by atoms with Crippen molar-refractivity contribution in [2.75, 3.05) is 36.1 Å². The molecule has 2 unspecified atom stereocenters. The van der Waals surface area contributed by atoms with Gasteiger partial charge in [-0.25, -0.2) is 8.42 Å². The summed E-state index contributed by atoms with van der Waals surface area (Å²) < 4.78 is 57.6. The van der Waals surface area contributed by atoms with Crippen molar-refractivity contribution in [2.24, 2.45) is 15.6 Å². The second-order valence-corrected chi connectivity index (χ2v) is 24.4. The smallest absolute Gasteiger partial charge is 0.348 e. The molecule has 0 fully saturated rings. The molecule has 0 saturated carbocycles. The van der Waals surface area contributed by atoms with E-state index in [4.69, 9.17) is 8.95 Å². The highest BCUT2D eigenvalue weighted by Gasteiger charge is 2.49. The maximum atomic E-state index is 14.6. The molecule has 1 aromatic carbocycles. The zero-order chi connectivity index (χ0) is 34.4. The number of carbonyl (C=O) groups excluding carboxylic acids is 1. The zero-order valence-electron chi connectivity index (χ0n) is 29.0. The molecular weight excluding hydrogens is 631 g/mol. The normalized spacial score (nSPS) is 21.5. The Hall–Kier alpha value is -2.18. The summed E-state index contributed by atoms with van der Waals surface area (Å²) in [6.45, 7) is 23.8. The van der Waals surface area contributed by atoms with Crippen LogP contribution in [0.5, 0.6) is 0 Å². The van der Waals surface area contributed by atoms with Gasteiger partial charge in [0, 0.05) is 18.8 Å². The third-order valence-electron chi connectivity index (χ3n) is 8.38. The van der Waals surface area contributed by atoms with E-state index in [-0.39, 0.29) is 45.2 Å². The van der Waals surface area contributed by atoms with E-state index in [2.05, 4.69) is 69.4 Å². The Kier molecular flexibility index (Phi) is 10.6. The van der Waals surface area contributed by atoms with E-state index in [9.17, 15) is 22.9 Å². The minimum absolute atomic E-state index is 0.0338. The minimum Gasteiger partial charge on any atom is -0.509 e. The number of nitrogens with zero attached hydrogens (tertiary/aromatic N) is 2. The van der Waals surface area contributed by atoms with Crippen LogP contribution in [0.15, 0.2) is 34.3 Å². The molecule has 3 N–H and O–H groups in total. The lowest BCUT2D eigenvalue weighted by Crippen LogP contribution is -2.45. The predicted molar refractivity (Wildman–Crippen MR) is 186 cm³/mol. The summed E-state index contributed by atoms with van der Waals surface area (Å²) in [4.78, 5) is 15.6. The lowest BCUT2D eigenvalue weighted by molar-refractivity contribution is -0.128. The van der Waals surface area contributed by atoms with E-state index in [0.29, 0.717) is 31.7 Å². The van der Waals surface area contributed by atoms with Gasteiger partial charge in [0.05, 0.1) is 29.9 Å². The standard InChI is InChI=1S/C31H53N4O7PSSi/c1-29(2,3)16-17-35-26(30(4,5)6)25(36)24(28(35)37)27-32-22-15-14-21(34-44(10,39)40)20-23(22)43(38,33-27)41-18-13-19-42-45(11,12)31(7,8)9/h14-15,20,26,34,36H,13,16-19H2,1-12H3,(H,32,33,38). The second kappa shape index (κ2) is 12.8. The summed E-state index contributed by atoms with van der Waals surface area (Å²) in [6.07, 6.45) is 2.19. The number of aliphatic hydroxyl groups is 1. The Morgan fingerprint density at radius 3 is 2.24 bits per heavy atom. The first-order valence-corrected chi connectivity index (χ1v) is 21.8. The molecule has 14 heteroatoms.